The highest BCUT2D eigenvalue weighted by Crippen LogP contribution is 2.49. The van der Waals surface area contributed by atoms with Gasteiger partial charge in [-0.2, -0.15) is 0 Å². The highest BCUT2D eigenvalue weighted by molar-refractivity contribution is 5.72. The standard InChI is InChI=1S/C11H14O2/c1-2-3-9-7-4-5-8(6-7)10(9)11(12)13/h2,4-5,7-10H,1,3,6H2,(H,12,13)/t7-,8+,9+,10-/m0/s1. The molecule has 13 heavy (non-hydrogen) atoms. The van der Waals surface area contributed by atoms with Crippen LogP contribution in [0.5, 0.6) is 0 Å². The number of allylic oxidation sites excluding steroid dienone is 3. The van der Waals surface area contributed by atoms with E-state index in [0.29, 0.717) is 11.8 Å². The number of aliphatic carboxylic acids is 1. The first-order valence-corrected chi connectivity index (χ1v) is 4.76. The van der Waals surface area contributed by atoms with Gasteiger partial charge >= 0.3 is 5.97 Å². The molecule has 0 amide bonds. The first-order chi connectivity index (χ1) is 6.24. The van der Waals surface area contributed by atoms with Gasteiger partial charge in [-0.05, 0) is 30.6 Å². The quantitative estimate of drug-likeness (QED) is 0.672. The molecule has 2 rings (SSSR count). The Kier molecular flexibility index (Phi) is 1.98. The van der Waals surface area contributed by atoms with Crippen molar-refractivity contribution in [3.8, 4) is 0 Å². The van der Waals surface area contributed by atoms with Crippen LogP contribution in [-0.4, -0.2) is 11.1 Å². The fourth-order valence-electron chi connectivity index (χ4n) is 2.80. The minimum absolute atomic E-state index is 0.159. The van der Waals surface area contributed by atoms with Gasteiger partial charge < -0.3 is 5.11 Å². The molecule has 0 aliphatic heterocycles. The summed E-state index contributed by atoms with van der Waals surface area (Å²) >= 11 is 0. The summed E-state index contributed by atoms with van der Waals surface area (Å²) in [6.07, 6.45) is 7.97. The van der Waals surface area contributed by atoms with E-state index < -0.39 is 5.97 Å². The average Bonchev–Trinajstić information content (AvgIpc) is 2.63. The third-order valence-electron chi connectivity index (χ3n) is 3.35. The van der Waals surface area contributed by atoms with Gasteiger partial charge in [0.1, 0.15) is 0 Å². The Balaban J connectivity index is 2.20. The van der Waals surface area contributed by atoms with Crippen molar-refractivity contribution in [3.63, 3.8) is 0 Å². The number of rotatable bonds is 3. The van der Waals surface area contributed by atoms with Crippen LogP contribution in [0.2, 0.25) is 0 Å². The number of carbonyl (C=O) groups is 1. The molecule has 4 atom stereocenters. The molecule has 2 nitrogen and oxygen atoms in total. The first kappa shape index (κ1) is 8.54. The van der Waals surface area contributed by atoms with Crippen LogP contribution in [0.1, 0.15) is 12.8 Å². The zero-order valence-corrected chi connectivity index (χ0v) is 7.52. The second-order valence-corrected chi connectivity index (χ2v) is 4.00. The van der Waals surface area contributed by atoms with Crippen molar-refractivity contribution in [3.05, 3.63) is 24.8 Å². The molecular formula is C11H14O2. The summed E-state index contributed by atoms with van der Waals surface area (Å²) in [6.45, 7) is 3.68. The van der Waals surface area contributed by atoms with Crippen molar-refractivity contribution >= 4 is 5.97 Å². The zero-order valence-electron chi connectivity index (χ0n) is 7.52. The third kappa shape index (κ3) is 1.21. The molecule has 1 fully saturated rings. The summed E-state index contributed by atoms with van der Waals surface area (Å²) in [5.41, 5.74) is 0. The van der Waals surface area contributed by atoms with Gasteiger partial charge in [-0.1, -0.05) is 18.2 Å². The van der Waals surface area contributed by atoms with Gasteiger partial charge in [0.2, 0.25) is 0 Å². The predicted octanol–water partition coefficient (Wildman–Crippen LogP) is 2.09. The molecule has 2 aliphatic carbocycles. The van der Waals surface area contributed by atoms with E-state index in [4.69, 9.17) is 5.11 Å². The van der Waals surface area contributed by atoms with E-state index in [1.807, 2.05) is 6.08 Å². The smallest absolute Gasteiger partial charge is 0.307 e. The van der Waals surface area contributed by atoms with Crippen LogP contribution >= 0.6 is 0 Å². The van der Waals surface area contributed by atoms with Gasteiger partial charge in [0.05, 0.1) is 5.92 Å². The minimum atomic E-state index is -0.635. The monoisotopic (exact) mass is 178 g/mol. The van der Waals surface area contributed by atoms with E-state index >= 15 is 0 Å². The van der Waals surface area contributed by atoms with Crippen molar-refractivity contribution in [1.29, 1.82) is 0 Å². The summed E-state index contributed by atoms with van der Waals surface area (Å²) in [6, 6.07) is 0. The third-order valence-corrected chi connectivity index (χ3v) is 3.35. The second-order valence-electron chi connectivity index (χ2n) is 4.00. The Hall–Kier alpha value is -1.05. The molecule has 2 bridgehead atoms. The summed E-state index contributed by atoms with van der Waals surface area (Å²) in [5.74, 6) is 0.276. The fourth-order valence-corrected chi connectivity index (χ4v) is 2.80. The average molecular weight is 178 g/mol. The van der Waals surface area contributed by atoms with Gasteiger partial charge in [0.15, 0.2) is 0 Å². The lowest BCUT2D eigenvalue weighted by molar-refractivity contribution is -0.144. The van der Waals surface area contributed by atoms with Crippen LogP contribution in [0.15, 0.2) is 24.8 Å². The van der Waals surface area contributed by atoms with E-state index in [1.165, 1.54) is 0 Å². The maximum atomic E-state index is 11.0. The molecule has 1 N–H and O–H groups in total. The number of carboxylic acid groups (broad SMARTS) is 1. The van der Waals surface area contributed by atoms with Crippen molar-refractivity contribution in [1.82, 2.24) is 0 Å². The van der Waals surface area contributed by atoms with Crippen molar-refractivity contribution < 1.29 is 9.90 Å². The molecule has 70 valence electrons. The van der Waals surface area contributed by atoms with Crippen LogP contribution in [0, 0.1) is 23.7 Å². The Morgan fingerprint density at radius 3 is 2.85 bits per heavy atom. The molecule has 0 aromatic carbocycles. The minimum Gasteiger partial charge on any atom is -0.481 e. The van der Waals surface area contributed by atoms with Crippen LogP contribution in [0.3, 0.4) is 0 Å². The van der Waals surface area contributed by atoms with Crippen molar-refractivity contribution in [2.45, 2.75) is 12.8 Å². The second kappa shape index (κ2) is 3.02. The largest absolute Gasteiger partial charge is 0.481 e. The maximum Gasteiger partial charge on any atom is 0.307 e. The normalized spacial score (nSPS) is 40.9. The van der Waals surface area contributed by atoms with E-state index in [9.17, 15) is 4.79 Å². The Morgan fingerprint density at radius 2 is 2.23 bits per heavy atom. The molecule has 0 radical (unpaired) electrons. The summed E-state index contributed by atoms with van der Waals surface area (Å²) in [4.78, 5) is 11.0. The number of hydrogen-bond donors (Lipinski definition) is 1. The van der Waals surface area contributed by atoms with Crippen LogP contribution in [0.25, 0.3) is 0 Å². The molecule has 0 aromatic heterocycles. The summed E-state index contributed by atoms with van der Waals surface area (Å²) in [7, 11) is 0. The lowest BCUT2D eigenvalue weighted by Gasteiger charge is -2.23. The lowest BCUT2D eigenvalue weighted by Crippen LogP contribution is -2.26. The molecule has 0 saturated heterocycles. The number of carboxylic acids is 1. The molecule has 0 aromatic rings. The van der Waals surface area contributed by atoms with Gasteiger partial charge in [0, 0.05) is 0 Å². The molecule has 0 heterocycles. The highest BCUT2D eigenvalue weighted by Gasteiger charge is 2.47. The molecule has 2 aliphatic rings. The zero-order chi connectivity index (χ0) is 9.42. The highest BCUT2D eigenvalue weighted by atomic mass is 16.4. The lowest BCUT2D eigenvalue weighted by atomic mass is 9.81. The van der Waals surface area contributed by atoms with Crippen molar-refractivity contribution in [2.24, 2.45) is 23.7 Å². The molecule has 0 spiro atoms. The van der Waals surface area contributed by atoms with E-state index in [2.05, 4.69) is 18.7 Å². The fraction of sp³-hybridized carbons (Fsp3) is 0.545. The molecular weight excluding hydrogens is 164 g/mol. The number of hydrogen-bond acceptors (Lipinski definition) is 1. The Labute approximate surface area is 78.0 Å². The number of fused-ring (bicyclic) bond motifs is 2. The van der Waals surface area contributed by atoms with Gasteiger partial charge in [-0.25, -0.2) is 0 Å². The first-order valence-electron chi connectivity index (χ1n) is 4.76. The molecule has 1 saturated carbocycles. The SMILES string of the molecule is C=CC[C@H]1[C@@H](C(=O)O)[C@@H]2C=C[C@H]1C2. The van der Waals surface area contributed by atoms with E-state index in [-0.39, 0.29) is 11.8 Å². The van der Waals surface area contributed by atoms with Gasteiger partial charge in [0.25, 0.3) is 0 Å². The summed E-state index contributed by atoms with van der Waals surface area (Å²) < 4.78 is 0. The maximum absolute atomic E-state index is 11.0. The van der Waals surface area contributed by atoms with Crippen LogP contribution in [0.4, 0.5) is 0 Å². The summed E-state index contributed by atoms with van der Waals surface area (Å²) in [5, 5.41) is 9.06. The Morgan fingerprint density at radius 1 is 1.54 bits per heavy atom. The van der Waals surface area contributed by atoms with Crippen LogP contribution < -0.4 is 0 Å². The van der Waals surface area contributed by atoms with Crippen molar-refractivity contribution in [2.75, 3.05) is 0 Å². The molecule has 0 unspecified atom stereocenters. The van der Waals surface area contributed by atoms with Gasteiger partial charge in [-0.3, -0.25) is 4.79 Å². The van der Waals surface area contributed by atoms with E-state index in [1.54, 1.807) is 0 Å². The predicted molar refractivity (Wildman–Crippen MR) is 50.2 cm³/mol. The topological polar surface area (TPSA) is 37.3 Å². The molecule has 2 heteroatoms. The van der Waals surface area contributed by atoms with Gasteiger partial charge in [-0.15, -0.1) is 6.58 Å². The Bertz CT molecular complexity index is 267. The van der Waals surface area contributed by atoms with Crippen LogP contribution in [-0.2, 0) is 4.79 Å². The van der Waals surface area contributed by atoms with E-state index in [0.717, 1.165) is 12.8 Å².